The van der Waals surface area contributed by atoms with E-state index in [0.717, 1.165) is 6.42 Å². The molecule has 0 spiro atoms. The summed E-state index contributed by atoms with van der Waals surface area (Å²) in [7, 11) is 0. The van der Waals surface area contributed by atoms with Gasteiger partial charge in [-0.15, -0.1) is 0 Å². The predicted octanol–water partition coefficient (Wildman–Crippen LogP) is 1.07. The van der Waals surface area contributed by atoms with E-state index < -0.39 is 5.91 Å². The number of primary amides is 1. The van der Waals surface area contributed by atoms with E-state index >= 15 is 0 Å². The van der Waals surface area contributed by atoms with Crippen molar-refractivity contribution in [3.05, 3.63) is 53.2 Å². The van der Waals surface area contributed by atoms with Crippen molar-refractivity contribution in [3.63, 3.8) is 0 Å². The summed E-state index contributed by atoms with van der Waals surface area (Å²) >= 11 is 0. The fourth-order valence-electron chi connectivity index (χ4n) is 3.12. The average Bonchev–Trinajstić information content (AvgIpc) is 3.06. The number of carbonyl (C=O) groups is 2. The Morgan fingerprint density at radius 1 is 1.17 bits per heavy atom. The molecule has 2 aromatic rings. The number of amides is 2. The third-order valence-electron chi connectivity index (χ3n) is 4.36. The summed E-state index contributed by atoms with van der Waals surface area (Å²) in [5.74, 6) is -1.37. The molecule has 1 heterocycles. The van der Waals surface area contributed by atoms with Gasteiger partial charge in [-0.25, -0.2) is 0 Å². The number of hydrogen-bond donors (Lipinski definition) is 2. The smallest absolute Gasteiger partial charge is 0.273 e. The number of nitrogens with zero attached hydrogens (tertiary/aromatic N) is 2. The maximum atomic E-state index is 12.4. The third kappa shape index (κ3) is 3.19. The lowest BCUT2D eigenvalue weighted by atomic mass is 9.94. The van der Waals surface area contributed by atoms with Crippen LogP contribution >= 0.6 is 0 Å². The third-order valence-corrected chi connectivity index (χ3v) is 4.36. The number of rotatable bonds is 4. The van der Waals surface area contributed by atoms with Gasteiger partial charge in [0.05, 0.1) is 6.20 Å². The zero-order valence-electron chi connectivity index (χ0n) is 13.0. The largest absolute Gasteiger partial charge is 0.369 e. The molecule has 1 fully saturated rings. The summed E-state index contributed by atoms with van der Waals surface area (Å²) < 4.78 is 1.46. The van der Waals surface area contributed by atoms with Crippen LogP contribution in [-0.2, 0) is 9.59 Å². The molecule has 0 saturated heterocycles. The van der Waals surface area contributed by atoms with Crippen molar-refractivity contribution in [3.8, 4) is 5.69 Å². The molecule has 1 aromatic heterocycles. The van der Waals surface area contributed by atoms with Crippen molar-refractivity contribution < 1.29 is 9.59 Å². The summed E-state index contributed by atoms with van der Waals surface area (Å²) in [5, 5.41) is 2.82. The van der Waals surface area contributed by atoms with Crippen LogP contribution in [0.4, 0.5) is 5.69 Å². The highest BCUT2D eigenvalue weighted by Crippen LogP contribution is 2.32. The van der Waals surface area contributed by atoms with Crippen molar-refractivity contribution in [1.82, 2.24) is 9.55 Å². The first-order valence-electron chi connectivity index (χ1n) is 7.79. The molecule has 7 nitrogen and oxygen atoms in total. The number of hydrogen-bond acceptors (Lipinski definition) is 4. The number of carbonyl (C=O) groups excluding carboxylic acids is 2. The number of nitrogens with one attached hydrogen (secondary N) is 1. The molecule has 2 unspecified atom stereocenters. The molecule has 24 heavy (non-hydrogen) atoms. The van der Waals surface area contributed by atoms with Gasteiger partial charge in [-0.1, -0.05) is 6.42 Å². The first-order chi connectivity index (χ1) is 11.6. The molecule has 7 heteroatoms. The van der Waals surface area contributed by atoms with Crippen molar-refractivity contribution in [2.24, 2.45) is 17.6 Å². The van der Waals surface area contributed by atoms with Crippen LogP contribution < -0.4 is 16.6 Å². The van der Waals surface area contributed by atoms with Crippen LogP contribution in [0.15, 0.2) is 47.7 Å². The molecule has 2 atom stereocenters. The average molecular weight is 326 g/mol. The highest BCUT2D eigenvalue weighted by molar-refractivity contribution is 5.96. The van der Waals surface area contributed by atoms with Gasteiger partial charge < -0.3 is 11.1 Å². The van der Waals surface area contributed by atoms with Crippen molar-refractivity contribution in [2.75, 3.05) is 5.32 Å². The molecule has 0 aliphatic heterocycles. The Labute approximate surface area is 138 Å². The van der Waals surface area contributed by atoms with Gasteiger partial charge in [0, 0.05) is 35.6 Å². The van der Waals surface area contributed by atoms with E-state index in [-0.39, 0.29) is 23.3 Å². The maximum absolute atomic E-state index is 12.4. The van der Waals surface area contributed by atoms with Crippen LogP contribution in [0.1, 0.15) is 19.3 Å². The van der Waals surface area contributed by atoms with Gasteiger partial charge in [-0.05, 0) is 37.1 Å². The van der Waals surface area contributed by atoms with E-state index in [4.69, 9.17) is 5.73 Å². The quantitative estimate of drug-likeness (QED) is 0.876. The Hall–Kier alpha value is -2.96. The highest BCUT2D eigenvalue weighted by Gasteiger charge is 2.36. The summed E-state index contributed by atoms with van der Waals surface area (Å²) in [4.78, 5) is 39.3. The lowest BCUT2D eigenvalue weighted by molar-refractivity contribution is -0.129. The summed E-state index contributed by atoms with van der Waals surface area (Å²) in [6.45, 7) is 0. The monoisotopic (exact) mass is 326 g/mol. The summed E-state index contributed by atoms with van der Waals surface area (Å²) in [6.07, 6.45) is 6.50. The van der Waals surface area contributed by atoms with Crippen molar-refractivity contribution in [1.29, 1.82) is 0 Å². The van der Waals surface area contributed by atoms with Gasteiger partial charge in [-0.2, -0.15) is 0 Å². The minimum absolute atomic E-state index is 0.190. The molecular formula is C17H18N4O3. The molecule has 1 aromatic carbocycles. The highest BCUT2D eigenvalue weighted by atomic mass is 16.2. The molecule has 0 bridgehead atoms. The Bertz CT molecular complexity index is 813. The molecule has 3 N–H and O–H groups in total. The molecule has 0 radical (unpaired) electrons. The van der Waals surface area contributed by atoms with E-state index in [0.29, 0.717) is 24.2 Å². The van der Waals surface area contributed by atoms with E-state index in [2.05, 4.69) is 10.3 Å². The molecule has 2 amide bonds. The Morgan fingerprint density at radius 2 is 1.88 bits per heavy atom. The van der Waals surface area contributed by atoms with Crippen molar-refractivity contribution >= 4 is 17.5 Å². The zero-order chi connectivity index (χ0) is 17.1. The fraction of sp³-hybridized carbons (Fsp3) is 0.294. The molecule has 1 aliphatic carbocycles. The summed E-state index contributed by atoms with van der Waals surface area (Å²) in [5.41, 5.74) is 6.42. The van der Waals surface area contributed by atoms with Crippen LogP contribution in [0.2, 0.25) is 0 Å². The first kappa shape index (κ1) is 15.9. The van der Waals surface area contributed by atoms with Crippen LogP contribution in [0.3, 0.4) is 0 Å². The zero-order valence-corrected chi connectivity index (χ0v) is 13.0. The normalized spacial score (nSPS) is 19.8. The van der Waals surface area contributed by atoms with Crippen molar-refractivity contribution in [2.45, 2.75) is 19.3 Å². The standard InChI is InChI=1S/C17H18N4O3/c18-16(23)13-2-1-3-14(13)17(24)20-11-4-6-12(7-5-11)21-9-8-19-10-15(21)22/h4-10,13-14H,1-3H2,(H2,18,23)(H,20,24). The van der Waals surface area contributed by atoms with Gasteiger partial charge in [0.2, 0.25) is 11.8 Å². The fourth-order valence-corrected chi connectivity index (χ4v) is 3.12. The van der Waals surface area contributed by atoms with E-state index in [1.165, 1.54) is 17.0 Å². The minimum atomic E-state index is -0.417. The van der Waals surface area contributed by atoms with Gasteiger partial charge in [0.15, 0.2) is 0 Å². The molecule has 3 rings (SSSR count). The maximum Gasteiger partial charge on any atom is 0.273 e. The predicted molar refractivity (Wildman–Crippen MR) is 88.5 cm³/mol. The topological polar surface area (TPSA) is 107 Å². The van der Waals surface area contributed by atoms with Gasteiger partial charge >= 0.3 is 0 Å². The number of benzene rings is 1. The van der Waals surface area contributed by atoms with Crippen LogP contribution in [0.25, 0.3) is 5.69 Å². The lowest BCUT2D eigenvalue weighted by Crippen LogP contribution is -2.33. The summed E-state index contributed by atoms with van der Waals surface area (Å²) in [6, 6.07) is 6.90. The van der Waals surface area contributed by atoms with Gasteiger partial charge in [-0.3, -0.25) is 23.9 Å². The second-order valence-corrected chi connectivity index (χ2v) is 5.87. The second kappa shape index (κ2) is 6.66. The molecule has 1 aliphatic rings. The van der Waals surface area contributed by atoms with E-state index in [1.54, 1.807) is 30.5 Å². The molecular weight excluding hydrogens is 308 g/mol. The lowest BCUT2D eigenvalue weighted by Gasteiger charge is -2.16. The minimum Gasteiger partial charge on any atom is -0.369 e. The van der Waals surface area contributed by atoms with E-state index in [1.807, 2.05) is 0 Å². The van der Waals surface area contributed by atoms with Crippen LogP contribution in [-0.4, -0.2) is 21.4 Å². The number of aromatic nitrogens is 2. The molecule has 1 saturated carbocycles. The first-order valence-corrected chi connectivity index (χ1v) is 7.79. The van der Waals surface area contributed by atoms with Crippen LogP contribution in [0.5, 0.6) is 0 Å². The van der Waals surface area contributed by atoms with Gasteiger partial charge in [0.1, 0.15) is 0 Å². The Kier molecular flexibility index (Phi) is 4.41. The Morgan fingerprint density at radius 3 is 2.54 bits per heavy atom. The van der Waals surface area contributed by atoms with Crippen LogP contribution in [0, 0.1) is 11.8 Å². The van der Waals surface area contributed by atoms with Gasteiger partial charge in [0.25, 0.3) is 5.56 Å². The van der Waals surface area contributed by atoms with E-state index in [9.17, 15) is 14.4 Å². The number of anilines is 1. The molecule has 124 valence electrons. The number of nitrogens with two attached hydrogens (primary N) is 1. The SMILES string of the molecule is NC(=O)C1CCCC1C(=O)Nc1ccc(-n2ccncc2=O)cc1. The Balaban J connectivity index is 1.73. The second-order valence-electron chi connectivity index (χ2n) is 5.87.